The van der Waals surface area contributed by atoms with Crippen molar-refractivity contribution in [3.05, 3.63) is 58.7 Å². The van der Waals surface area contributed by atoms with Crippen LogP contribution in [0.25, 0.3) is 0 Å². The van der Waals surface area contributed by atoms with Gasteiger partial charge < -0.3 is 9.26 Å². The lowest BCUT2D eigenvalue weighted by Crippen LogP contribution is -2.12. The summed E-state index contributed by atoms with van der Waals surface area (Å²) in [4.78, 5) is 12.4. The van der Waals surface area contributed by atoms with Crippen molar-refractivity contribution < 1.29 is 18.6 Å². The van der Waals surface area contributed by atoms with Crippen LogP contribution < -0.4 is 9.26 Å². The fourth-order valence-electron chi connectivity index (χ4n) is 2.30. The highest BCUT2D eigenvalue weighted by Crippen LogP contribution is 2.30. The highest BCUT2D eigenvalue weighted by atomic mass is 31.1. The molecule has 4 nitrogen and oxygen atoms in total. The summed E-state index contributed by atoms with van der Waals surface area (Å²) in [6.07, 6.45) is 0. The number of hydrogen-bond acceptors (Lipinski definition) is 4. The molecule has 0 radical (unpaired) electrons. The van der Waals surface area contributed by atoms with Crippen LogP contribution in [0.4, 0.5) is 0 Å². The van der Waals surface area contributed by atoms with E-state index in [0.717, 1.165) is 16.7 Å². The second-order valence-corrected chi connectivity index (χ2v) is 5.11. The summed E-state index contributed by atoms with van der Waals surface area (Å²) in [7, 11) is -0.497. The van der Waals surface area contributed by atoms with E-state index in [1.54, 1.807) is 24.3 Å². The molecule has 0 unspecified atom stereocenters. The molecule has 0 aromatic heterocycles. The maximum atomic E-state index is 12.4. The molecule has 0 aliphatic rings. The van der Waals surface area contributed by atoms with Gasteiger partial charge >= 0.3 is 14.7 Å². The predicted octanol–water partition coefficient (Wildman–Crippen LogP) is 4.42. The van der Waals surface area contributed by atoms with Gasteiger partial charge in [0.2, 0.25) is 0 Å². The Bertz CT molecular complexity index is 671. The number of benzene rings is 2. The quantitative estimate of drug-likeness (QED) is 0.476. The fraction of sp³-hybridized carbons (Fsp3) is 0.188. The van der Waals surface area contributed by atoms with E-state index in [4.69, 9.17) is 9.26 Å². The Balaban J connectivity index is 2.33. The SMILES string of the molecule is Cc1cc(C)c(C(=O)Oc2ccccc2OP=O)c(C)c1. The molecule has 0 amide bonds. The van der Waals surface area contributed by atoms with Crippen molar-refractivity contribution in [1.29, 1.82) is 0 Å². The van der Waals surface area contributed by atoms with Gasteiger partial charge in [-0.3, -0.25) is 0 Å². The molecule has 0 N–H and O–H groups in total. The lowest BCUT2D eigenvalue weighted by atomic mass is 10.00. The molecule has 108 valence electrons. The third kappa shape index (κ3) is 3.47. The molecular weight excluding hydrogens is 287 g/mol. The molecule has 0 heterocycles. The number of aryl methyl sites for hydroxylation is 3. The lowest BCUT2D eigenvalue weighted by Gasteiger charge is -2.12. The molecule has 5 heteroatoms. The number of rotatable bonds is 4. The average molecular weight is 302 g/mol. The number of ether oxygens (including phenoxy) is 1. The van der Waals surface area contributed by atoms with Gasteiger partial charge in [0.25, 0.3) is 0 Å². The molecule has 0 spiro atoms. The van der Waals surface area contributed by atoms with Gasteiger partial charge in [-0.05, 0) is 44.0 Å². The van der Waals surface area contributed by atoms with Crippen LogP contribution in [0.2, 0.25) is 0 Å². The van der Waals surface area contributed by atoms with Crippen molar-refractivity contribution in [2.75, 3.05) is 0 Å². The summed E-state index contributed by atoms with van der Waals surface area (Å²) in [5.74, 6) is 0.0405. The molecule has 2 rings (SSSR count). The Morgan fingerprint density at radius 2 is 1.57 bits per heavy atom. The van der Waals surface area contributed by atoms with E-state index in [0.29, 0.717) is 5.56 Å². The van der Waals surface area contributed by atoms with Crippen molar-refractivity contribution in [3.63, 3.8) is 0 Å². The third-order valence-electron chi connectivity index (χ3n) is 3.07. The minimum atomic E-state index is -0.497. The Hall–Kier alpha value is -2.19. The van der Waals surface area contributed by atoms with Gasteiger partial charge in [-0.15, -0.1) is 0 Å². The van der Waals surface area contributed by atoms with Crippen LogP contribution in [-0.4, -0.2) is 5.97 Å². The lowest BCUT2D eigenvalue weighted by molar-refractivity contribution is 0.0730. The van der Waals surface area contributed by atoms with Crippen LogP contribution in [0.3, 0.4) is 0 Å². The molecule has 0 saturated heterocycles. The molecule has 2 aromatic carbocycles. The van der Waals surface area contributed by atoms with Crippen LogP contribution in [0.1, 0.15) is 27.0 Å². The summed E-state index contributed by atoms with van der Waals surface area (Å²) in [5, 5.41) is 0. The Labute approximate surface area is 125 Å². The predicted molar refractivity (Wildman–Crippen MR) is 80.3 cm³/mol. The van der Waals surface area contributed by atoms with Crippen LogP contribution in [0.5, 0.6) is 11.5 Å². The average Bonchev–Trinajstić information content (AvgIpc) is 2.40. The first-order chi connectivity index (χ1) is 10.0. The van der Waals surface area contributed by atoms with Crippen molar-refractivity contribution in [1.82, 2.24) is 0 Å². The van der Waals surface area contributed by atoms with Gasteiger partial charge in [-0.25, -0.2) is 9.36 Å². The number of carbonyl (C=O) groups excluding carboxylic acids is 1. The van der Waals surface area contributed by atoms with Crippen molar-refractivity contribution in [3.8, 4) is 11.5 Å². The van der Waals surface area contributed by atoms with Crippen LogP contribution >= 0.6 is 8.69 Å². The molecule has 0 bridgehead atoms. The summed E-state index contributed by atoms with van der Waals surface area (Å²) in [5.41, 5.74) is 3.35. The normalized spacial score (nSPS) is 10.4. The van der Waals surface area contributed by atoms with Crippen molar-refractivity contribution in [2.45, 2.75) is 20.8 Å². The second-order valence-electron chi connectivity index (χ2n) is 4.78. The number of esters is 1. The zero-order valence-electron chi connectivity index (χ0n) is 12.0. The number of carbonyl (C=O) groups is 1. The summed E-state index contributed by atoms with van der Waals surface area (Å²) >= 11 is 0. The maximum absolute atomic E-state index is 12.4. The van der Waals surface area contributed by atoms with Crippen molar-refractivity contribution in [2.24, 2.45) is 0 Å². The largest absolute Gasteiger partial charge is 0.419 e. The zero-order valence-corrected chi connectivity index (χ0v) is 12.9. The maximum Gasteiger partial charge on any atom is 0.395 e. The first kappa shape index (κ1) is 15.2. The van der Waals surface area contributed by atoms with E-state index in [1.807, 2.05) is 32.9 Å². The van der Waals surface area contributed by atoms with Gasteiger partial charge in [0.05, 0.1) is 5.56 Å². The third-order valence-corrected chi connectivity index (χ3v) is 3.34. The van der Waals surface area contributed by atoms with Crippen LogP contribution in [0, 0.1) is 20.8 Å². The molecular formula is C16H15O4P. The monoisotopic (exact) mass is 302 g/mol. The molecule has 0 fully saturated rings. The minimum Gasteiger partial charge on any atom is -0.419 e. The van der Waals surface area contributed by atoms with Gasteiger partial charge in [0, 0.05) is 0 Å². The molecule has 0 atom stereocenters. The topological polar surface area (TPSA) is 52.6 Å². The number of para-hydroxylation sites is 2. The highest BCUT2D eigenvalue weighted by molar-refractivity contribution is 7.17. The Morgan fingerprint density at radius 1 is 1.00 bits per heavy atom. The van der Waals surface area contributed by atoms with Gasteiger partial charge in [-0.1, -0.05) is 29.8 Å². The van der Waals surface area contributed by atoms with E-state index < -0.39 is 14.7 Å². The zero-order chi connectivity index (χ0) is 15.4. The Morgan fingerprint density at radius 3 is 2.14 bits per heavy atom. The van der Waals surface area contributed by atoms with E-state index in [2.05, 4.69) is 0 Å². The second kappa shape index (κ2) is 6.51. The smallest absolute Gasteiger partial charge is 0.395 e. The first-order valence-corrected chi connectivity index (χ1v) is 7.14. The number of hydrogen-bond donors (Lipinski definition) is 0. The summed E-state index contributed by atoms with van der Waals surface area (Å²) in [6.45, 7) is 5.72. The van der Waals surface area contributed by atoms with Gasteiger partial charge in [0.1, 0.15) is 0 Å². The van der Waals surface area contributed by atoms with E-state index in [-0.39, 0.29) is 11.5 Å². The van der Waals surface area contributed by atoms with Crippen LogP contribution in [-0.2, 0) is 4.57 Å². The van der Waals surface area contributed by atoms with Gasteiger partial charge in [0.15, 0.2) is 11.5 Å². The molecule has 0 aliphatic heterocycles. The highest BCUT2D eigenvalue weighted by Gasteiger charge is 2.17. The van der Waals surface area contributed by atoms with E-state index in [9.17, 15) is 9.36 Å². The van der Waals surface area contributed by atoms with Crippen LogP contribution in [0.15, 0.2) is 36.4 Å². The standard InChI is InChI=1S/C16H15O4P/c1-10-8-11(2)15(12(3)9-10)16(17)19-13-6-4-5-7-14(13)20-21-18/h4-9H,1-3H3. The molecule has 0 saturated carbocycles. The minimum absolute atomic E-state index is 0.241. The molecule has 0 aliphatic carbocycles. The summed E-state index contributed by atoms with van der Waals surface area (Å²) in [6, 6.07) is 10.5. The summed E-state index contributed by atoms with van der Waals surface area (Å²) < 4.78 is 20.8. The molecule has 2 aromatic rings. The first-order valence-electron chi connectivity index (χ1n) is 6.41. The van der Waals surface area contributed by atoms with E-state index in [1.165, 1.54) is 0 Å². The van der Waals surface area contributed by atoms with E-state index >= 15 is 0 Å². The van der Waals surface area contributed by atoms with Crippen molar-refractivity contribution >= 4 is 14.7 Å². The van der Waals surface area contributed by atoms with Gasteiger partial charge in [-0.2, -0.15) is 0 Å². The Kier molecular flexibility index (Phi) is 4.71. The molecule has 21 heavy (non-hydrogen) atoms. The fourth-order valence-corrected chi connectivity index (χ4v) is 2.53.